The van der Waals surface area contributed by atoms with Gasteiger partial charge in [0, 0.05) is 25.0 Å². The van der Waals surface area contributed by atoms with E-state index in [-0.39, 0.29) is 17.7 Å². The molecule has 1 aliphatic rings. The van der Waals surface area contributed by atoms with E-state index in [9.17, 15) is 13.2 Å². The first-order valence-electron chi connectivity index (χ1n) is 10.3. The zero-order valence-corrected chi connectivity index (χ0v) is 17.7. The minimum atomic E-state index is -4.43. The van der Waals surface area contributed by atoms with Gasteiger partial charge >= 0.3 is 6.18 Å². The van der Waals surface area contributed by atoms with Gasteiger partial charge in [-0.1, -0.05) is 29.8 Å². The Kier molecular flexibility index (Phi) is 5.75. The van der Waals surface area contributed by atoms with E-state index >= 15 is 0 Å². The summed E-state index contributed by atoms with van der Waals surface area (Å²) < 4.78 is 45.7. The van der Waals surface area contributed by atoms with Gasteiger partial charge < -0.3 is 15.0 Å². The molecule has 4 rings (SSSR count). The van der Waals surface area contributed by atoms with Crippen LogP contribution in [0.2, 0.25) is 0 Å². The summed E-state index contributed by atoms with van der Waals surface area (Å²) in [5.74, 6) is 0.918. The number of alkyl halides is 3. The van der Waals surface area contributed by atoms with Crippen molar-refractivity contribution in [1.29, 1.82) is 0 Å². The van der Waals surface area contributed by atoms with Crippen molar-refractivity contribution >= 4 is 22.7 Å². The maximum absolute atomic E-state index is 13.3. The Hall–Kier alpha value is -2.87. The molecule has 31 heavy (non-hydrogen) atoms. The number of hydrogen-bond donors (Lipinski definition) is 1. The highest BCUT2D eigenvalue weighted by molar-refractivity contribution is 5.91. The molecule has 0 radical (unpaired) electrons. The molecule has 5 nitrogen and oxygen atoms in total. The van der Waals surface area contributed by atoms with E-state index in [0.717, 1.165) is 23.3 Å². The number of nitrogens with zero attached hydrogens (tertiary/aromatic N) is 3. The van der Waals surface area contributed by atoms with Gasteiger partial charge in [0.15, 0.2) is 0 Å². The number of anilines is 2. The molecule has 8 heteroatoms. The summed E-state index contributed by atoms with van der Waals surface area (Å²) in [7, 11) is 0. The van der Waals surface area contributed by atoms with Crippen LogP contribution in [0, 0.1) is 6.92 Å². The summed E-state index contributed by atoms with van der Waals surface area (Å²) in [6.07, 6.45) is -4.45. The zero-order valence-electron chi connectivity index (χ0n) is 17.7. The molecular formula is C23H25F3N4O. The fraction of sp³-hybridized carbons (Fsp3) is 0.391. The molecule has 0 unspecified atom stereocenters. The Bertz CT molecular complexity index is 1060. The van der Waals surface area contributed by atoms with E-state index < -0.39 is 11.7 Å². The van der Waals surface area contributed by atoms with Crippen LogP contribution in [-0.4, -0.2) is 35.3 Å². The maximum Gasteiger partial charge on any atom is 0.416 e. The molecule has 2 atom stereocenters. The summed E-state index contributed by atoms with van der Waals surface area (Å²) in [6, 6.07) is 11.6. The van der Waals surface area contributed by atoms with Crippen molar-refractivity contribution in [3.63, 3.8) is 0 Å². The highest BCUT2D eigenvalue weighted by Crippen LogP contribution is 2.34. The topological polar surface area (TPSA) is 50.3 Å². The van der Waals surface area contributed by atoms with Gasteiger partial charge in [-0.25, -0.2) is 4.98 Å². The number of fused-ring (bicyclic) bond motifs is 1. The lowest BCUT2D eigenvalue weighted by molar-refractivity contribution is -0.137. The summed E-state index contributed by atoms with van der Waals surface area (Å²) in [5.41, 5.74) is 1.73. The largest absolute Gasteiger partial charge is 0.416 e. The SMILES string of the molecule is Cc1ccc(CNc2nc(N3C[C@@H](C)O[C@@H](C)C3)c3ccc(C(F)(F)F)cc3n2)cc1. The van der Waals surface area contributed by atoms with E-state index in [2.05, 4.69) is 20.2 Å². The number of rotatable bonds is 4. The van der Waals surface area contributed by atoms with Gasteiger partial charge in [-0.2, -0.15) is 18.2 Å². The van der Waals surface area contributed by atoms with E-state index in [0.29, 0.717) is 36.8 Å². The Labute approximate surface area is 179 Å². The molecule has 1 aromatic heterocycles. The second-order valence-corrected chi connectivity index (χ2v) is 8.10. The Morgan fingerprint density at radius 1 is 1.03 bits per heavy atom. The van der Waals surface area contributed by atoms with Crippen LogP contribution in [-0.2, 0) is 17.5 Å². The standard InChI is InChI=1S/C23H25F3N4O/c1-14-4-6-17(7-5-14)11-27-22-28-20-10-18(23(24,25)26)8-9-19(20)21(29-22)30-12-15(2)31-16(3)13-30/h4-10,15-16H,11-13H2,1-3H3,(H,27,28,29)/t15-,16+. The van der Waals surface area contributed by atoms with Gasteiger partial charge in [-0.05, 0) is 44.5 Å². The van der Waals surface area contributed by atoms with Gasteiger partial charge in [0.1, 0.15) is 5.82 Å². The quantitative estimate of drug-likeness (QED) is 0.618. The molecule has 164 valence electrons. The minimum absolute atomic E-state index is 0.00724. The Balaban J connectivity index is 1.73. The van der Waals surface area contributed by atoms with Crippen LogP contribution < -0.4 is 10.2 Å². The van der Waals surface area contributed by atoms with E-state index in [4.69, 9.17) is 4.74 Å². The molecule has 1 saturated heterocycles. The fourth-order valence-corrected chi connectivity index (χ4v) is 3.85. The second kappa shape index (κ2) is 8.34. The first kappa shape index (κ1) is 21.4. The van der Waals surface area contributed by atoms with Crippen LogP contribution in [0.4, 0.5) is 24.9 Å². The number of aromatic nitrogens is 2. The number of aryl methyl sites for hydroxylation is 1. The molecule has 0 amide bonds. The van der Waals surface area contributed by atoms with Crippen LogP contribution in [0.5, 0.6) is 0 Å². The molecule has 0 aliphatic carbocycles. The molecule has 3 aromatic rings. The first-order valence-corrected chi connectivity index (χ1v) is 10.3. The molecular weight excluding hydrogens is 405 g/mol. The lowest BCUT2D eigenvalue weighted by atomic mass is 10.1. The third-order valence-electron chi connectivity index (χ3n) is 5.29. The molecule has 1 aliphatic heterocycles. The van der Waals surface area contributed by atoms with Crippen molar-refractivity contribution in [3.8, 4) is 0 Å². The van der Waals surface area contributed by atoms with Gasteiger partial charge in [-0.3, -0.25) is 0 Å². The third-order valence-corrected chi connectivity index (χ3v) is 5.29. The normalized spacial score (nSPS) is 19.6. The molecule has 0 saturated carbocycles. The van der Waals surface area contributed by atoms with Crippen LogP contribution in [0.1, 0.15) is 30.5 Å². The number of halogens is 3. The van der Waals surface area contributed by atoms with Crippen molar-refractivity contribution in [1.82, 2.24) is 9.97 Å². The summed E-state index contributed by atoms with van der Waals surface area (Å²) in [4.78, 5) is 11.1. The molecule has 1 fully saturated rings. The summed E-state index contributed by atoms with van der Waals surface area (Å²) in [5, 5.41) is 3.76. The minimum Gasteiger partial charge on any atom is -0.372 e. The molecule has 0 spiro atoms. The number of morpholine rings is 1. The molecule has 2 aromatic carbocycles. The number of ether oxygens (including phenoxy) is 1. The van der Waals surface area contributed by atoms with Crippen LogP contribution in [0.15, 0.2) is 42.5 Å². The van der Waals surface area contributed by atoms with Crippen molar-refractivity contribution in [3.05, 3.63) is 59.2 Å². The maximum atomic E-state index is 13.3. The predicted molar refractivity (Wildman–Crippen MR) is 115 cm³/mol. The highest BCUT2D eigenvalue weighted by atomic mass is 19.4. The van der Waals surface area contributed by atoms with Gasteiger partial charge in [0.05, 0.1) is 23.3 Å². The second-order valence-electron chi connectivity index (χ2n) is 8.10. The highest BCUT2D eigenvalue weighted by Gasteiger charge is 2.31. The average Bonchev–Trinajstić information content (AvgIpc) is 2.71. The average molecular weight is 430 g/mol. The number of nitrogens with one attached hydrogen (secondary N) is 1. The van der Waals surface area contributed by atoms with E-state index in [1.807, 2.05) is 45.0 Å². The monoisotopic (exact) mass is 430 g/mol. The summed E-state index contributed by atoms with van der Waals surface area (Å²) >= 11 is 0. The van der Waals surface area contributed by atoms with Gasteiger partial charge in [0.2, 0.25) is 5.95 Å². The Morgan fingerprint density at radius 2 is 1.71 bits per heavy atom. The lowest BCUT2D eigenvalue weighted by Gasteiger charge is -2.36. The summed E-state index contributed by atoms with van der Waals surface area (Å²) in [6.45, 7) is 7.65. The number of hydrogen-bond acceptors (Lipinski definition) is 5. The van der Waals surface area contributed by atoms with Crippen molar-refractivity contribution in [2.75, 3.05) is 23.3 Å². The van der Waals surface area contributed by atoms with Gasteiger partial charge in [0.25, 0.3) is 0 Å². The molecule has 1 N–H and O–H groups in total. The third kappa shape index (κ3) is 4.90. The van der Waals surface area contributed by atoms with Crippen LogP contribution in [0.25, 0.3) is 10.9 Å². The molecule has 0 bridgehead atoms. The zero-order chi connectivity index (χ0) is 22.2. The van der Waals surface area contributed by atoms with Crippen LogP contribution >= 0.6 is 0 Å². The van der Waals surface area contributed by atoms with Crippen LogP contribution in [0.3, 0.4) is 0 Å². The van der Waals surface area contributed by atoms with E-state index in [1.165, 1.54) is 6.07 Å². The predicted octanol–water partition coefficient (Wildman–Crippen LogP) is 5.18. The molecule has 2 heterocycles. The van der Waals surface area contributed by atoms with Crippen molar-refractivity contribution in [2.45, 2.75) is 45.7 Å². The lowest BCUT2D eigenvalue weighted by Crippen LogP contribution is -2.46. The van der Waals surface area contributed by atoms with Gasteiger partial charge in [-0.15, -0.1) is 0 Å². The van der Waals surface area contributed by atoms with E-state index in [1.54, 1.807) is 0 Å². The van der Waals surface area contributed by atoms with Crippen molar-refractivity contribution < 1.29 is 17.9 Å². The smallest absolute Gasteiger partial charge is 0.372 e. The fourth-order valence-electron chi connectivity index (χ4n) is 3.85. The number of benzene rings is 2. The van der Waals surface area contributed by atoms with Crippen molar-refractivity contribution in [2.24, 2.45) is 0 Å². The first-order chi connectivity index (χ1) is 14.7. The Morgan fingerprint density at radius 3 is 2.35 bits per heavy atom.